The minimum absolute atomic E-state index is 0.0574. The van der Waals surface area contributed by atoms with E-state index in [1.165, 1.54) is 6.07 Å². The molecule has 0 amide bonds. The number of aromatic nitrogens is 1. The van der Waals surface area contributed by atoms with Crippen LogP contribution in [0, 0.1) is 6.92 Å². The van der Waals surface area contributed by atoms with Gasteiger partial charge < -0.3 is 0 Å². The fraction of sp³-hybridized carbons (Fsp3) is 0.500. The predicted octanol–water partition coefficient (Wildman–Crippen LogP) is 2.12. The SMILES string of the molecule is Cc1ccc(S(=O)(=O)NC(C)(C)C)nc1Cl. The minimum atomic E-state index is -3.60. The molecular formula is C10H15ClN2O2S. The summed E-state index contributed by atoms with van der Waals surface area (Å²) >= 11 is 5.79. The minimum Gasteiger partial charge on any atom is -0.223 e. The highest BCUT2D eigenvalue weighted by molar-refractivity contribution is 7.89. The van der Waals surface area contributed by atoms with Gasteiger partial charge in [0.2, 0.25) is 0 Å². The molecule has 0 aliphatic carbocycles. The Balaban J connectivity index is 3.13. The van der Waals surface area contributed by atoms with Crippen molar-refractivity contribution in [3.05, 3.63) is 22.8 Å². The Morgan fingerprint density at radius 3 is 2.31 bits per heavy atom. The molecule has 1 heterocycles. The largest absolute Gasteiger partial charge is 0.258 e. The molecule has 1 aromatic rings. The first kappa shape index (κ1) is 13.4. The highest BCUT2D eigenvalue weighted by Crippen LogP contribution is 2.16. The maximum absolute atomic E-state index is 11.9. The molecule has 90 valence electrons. The van der Waals surface area contributed by atoms with Crippen LogP contribution in [0.5, 0.6) is 0 Å². The molecule has 0 atom stereocenters. The number of aryl methyl sites for hydroxylation is 1. The van der Waals surface area contributed by atoms with Crippen LogP contribution in [-0.2, 0) is 10.0 Å². The number of pyridine rings is 1. The highest BCUT2D eigenvalue weighted by atomic mass is 35.5. The molecule has 0 aliphatic rings. The van der Waals surface area contributed by atoms with Crippen molar-refractivity contribution in [3.8, 4) is 0 Å². The molecule has 0 unspecified atom stereocenters. The molecule has 0 saturated carbocycles. The summed E-state index contributed by atoms with van der Waals surface area (Å²) in [6.07, 6.45) is 0. The summed E-state index contributed by atoms with van der Waals surface area (Å²) in [4.78, 5) is 3.84. The zero-order chi connectivity index (χ0) is 12.6. The molecule has 0 aliphatic heterocycles. The molecule has 0 fully saturated rings. The van der Waals surface area contributed by atoms with Crippen LogP contribution in [0.1, 0.15) is 26.3 Å². The van der Waals surface area contributed by atoms with E-state index in [-0.39, 0.29) is 10.2 Å². The van der Waals surface area contributed by atoms with Gasteiger partial charge in [0.1, 0.15) is 5.15 Å². The maximum Gasteiger partial charge on any atom is 0.258 e. The molecule has 0 saturated heterocycles. The van der Waals surface area contributed by atoms with Crippen molar-refractivity contribution in [2.45, 2.75) is 38.3 Å². The lowest BCUT2D eigenvalue weighted by Gasteiger charge is -2.19. The van der Waals surface area contributed by atoms with Gasteiger partial charge in [-0.15, -0.1) is 0 Å². The van der Waals surface area contributed by atoms with E-state index in [1.54, 1.807) is 33.8 Å². The van der Waals surface area contributed by atoms with Crippen molar-refractivity contribution < 1.29 is 8.42 Å². The first-order valence-electron chi connectivity index (χ1n) is 4.79. The third-order valence-electron chi connectivity index (χ3n) is 1.73. The van der Waals surface area contributed by atoms with Gasteiger partial charge in [-0.2, -0.15) is 0 Å². The number of sulfonamides is 1. The number of nitrogens with zero attached hydrogens (tertiary/aromatic N) is 1. The van der Waals surface area contributed by atoms with Gasteiger partial charge in [-0.05, 0) is 39.3 Å². The van der Waals surface area contributed by atoms with E-state index < -0.39 is 15.6 Å². The zero-order valence-electron chi connectivity index (χ0n) is 9.70. The monoisotopic (exact) mass is 262 g/mol. The Kier molecular flexibility index (Phi) is 3.62. The molecule has 0 radical (unpaired) electrons. The molecule has 4 nitrogen and oxygen atoms in total. The first-order chi connectivity index (χ1) is 7.12. The van der Waals surface area contributed by atoms with Crippen LogP contribution in [0.25, 0.3) is 0 Å². The average molecular weight is 263 g/mol. The number of hydrogen-bond acceptors (Lipinski definition) is 3. The first-order valence-corrected chi connectivity index (χ1v) is 6.65. The quantitative estimate of drug-likeness (QED) is 0.831. The molecule has 0 spiro atoms. The van der Waals surface area contributed by atoms with E-state index in [1.807, 2.05) is 0 Å². The molecule has 6 heteroatoms. The van der Waals surface area contributed by atoms with Crippen molar-refractivity contribution in [1.29, 1.82) is 0 Å². The van der Waals surface area contributed by atoms with Crippen LogP contribution >= 0.6 is 11.6 Å². The van der Waals surface area contributed by atoms with Crippen LogP contribution in [0.2, 0.25) is 5.15 Å². The van der Waals surface area contributed by atoms with E-state index >= 15 is 0 Å². The van der Waals surface area contributed by atoms with E-state index in [2.05, 4.69) is 9.71 Å². The van der Waals surface area contributed by atoms with Gasteiger partial charge >= 0.3 is 0 Å². The molecular weight excluding hydrogens is 248 g/mol. The smallest absolute Gasteiger partial charge is 0.223 e. The van der Waals surface area contributed by atoms with Crippen molar-refractivity contribution in [1.82, 2.24) is 9.71 Å². The summed E-state index contributed by atoms with van der Waals surface area (Å²) in [5.74, 6) is 0. The summed E-state index contributed by atoms with van der Waals surface area (Å²) in [5, 5.41) is 0.148. The predicted molar refractivity (Wildman–Crippen MR) is 64.1 cm³/mol. The molecule has 1 aromatic heterocycles. The normalized spacial score (nSPS) is 12.8. The summed E-state index contributed by atoms with van der Waals surface area (Å²) in [6, 6.07) is 3.07. The van der Waals surface area contributed by atoms with Gasteiger partial charge in [0.25, 0.3) is 10.0 Å². The molecule has 16 heavy (non-hydrogen) atoms. The lowest BCUT2D eigenvalue weighted by Crippen LogP contribution is -2.40. The van der Waals surface area contributed by atoms with E-state index in [4.69, 9.17) is 11.6 Å². The second-order valence-electron chi connectivity index (χ2n) is 4.61. The highest BCUT2D eigenvalue weighted by Gasteiger charge is 2.23. The third kappa shape index (κ3) is 3.43. The van der Waals surface area contributed by atoms with Crippen LogP contribution in [0.4, 0.5) is 0 Å². The summed E-state index contributed by atoms with van der Waals surface area (Å²) in [5.41, 5.74) is 0.203. The van der Waals surface area contributed by atoms with Crippen LogP contribution in [0.3, 0.4) is 0 Å². The van der Waals surface area contributed by atoms with Crippen LogP contribution < -0.4 is 4.72 Å². The summed E-state index contributed by atoms with van der Waals surface area (Å²) in [6.45, 7) is 7.06. The van der Waals surface area contributed by atoms with Gasteiger partial charge in [-0.25, -0.2) is 18.1 Å². The Labute approximate surface area is 101 Å². The van der Waals surface area contributed by atoms with Gasteiger partial charge in [0, 0.05) is 5.54 Å². The van der Waals surface area contributed by atoms with Crippen molar-refractivity contribution in [2.24, 2.45) is 0 Å². The van der Waals surface area contributed by atoms with Crippen molar-refractivity contribution in [2.75, 3.05) is 0 Å². The molecule has 1 rings (SSSR count). The van der Waals surface area contributed by atoms with Gasteiger partial charge in [0.15, 0.2) is 5.03 Å². The van der Waals surface area contributed by atoms with Crippen molar-refractivity contribution >= 4 is 21.6 Å². The Morgan fingerprint density at radius 1 is 1.31 bits per heavy atom. The Morgan fingerprint density at radius 2 is 1.88 bits per heavy atom. The summed E-state index contributed by atoms with van der Waals surface area (Å²) in [7, 11) is -3.60. The van der Waals surface area contributed by atoms with Crippen molar-refractivity contribution in [3.63, 3.8) is 0 Å². The lowest BCUT2D eigenvalue weighted by atomic mass is 10.1. The average Bonchev–Trinajstić information content (AvgIpc) is 2.05. The van der Waals surface area contributed by atoms with Crippen LogP contribution in [0.15, 0.2) is 17.2 Å². The Hall–Kier alpha value is -0.650. The number of halogens is 1. The van der Waals surface area contributed by atoms with E-state index in [0.717, 1.165) is 5.56 Å². The van der Waals surface area contributed by atoms with Gasteiger partial charge in [0.05, 0.1) is 0 Å². The molecule has 0 bridgehead atoms. The standard InChI is InChI=1S/C10H15ClN2O2S/c1-7-5-6-8(12-9(7)11)16(14,15)13-10(2,3)4/h5-6,13H,1-4H3. The fourth-order valence-electron chi connectivity index (χ4n) is 1.09. The second-order valence-corrected chi connectivity index (χ2v) is 6.60. The zero-order valence-corrected chi connectivity index (χ0v) is 11.3. The second kappa shape index (κ2) is 4.31. The van der Waals surface area contributed by atoms with Gasteiger partial charge in [-0.1, -0.05) is 17.7 Å². The van der Waals surface area contributed by atoms with E-state index in [0.29, 0.717) is 0 Å². The summed E-state index contributed by atoms with van der Waals surface area (Å²) < 4.78 is 26.3. The maximum atomic E-state index is 11.9. The van der Waals surface area contributed by atoms with Crippen LogP contribution in [-0.4, -0.2) is 18.9 Å². The topological polar surface area (TPSA) is 59.1 Å². The molecule has 0 aromatic carbocycles. The lowest BCUT2D eigenvalue weighted by molar-refractivity contribution is 0.489. The molecule has 1 N–H and O–H groups in total. The number of hydrogen-bond donors (Lipinski definition) is 1. The number of nitrogens with one attached hydrogen (secondary N) is 1. The third-order valence-corrected chi connectivity index (χ3v) is 3.77. The number of rotatable bonds is 2. The Bertz CT molecular complexity index is 492. The fourth-order valence-corrected chi connectivity index (χ4v) is 2.67. The van der Waals surface area contributed by atoms with E-state index in [9.17, 15) is 8.42 Å². The van der Waals surface area contributed by atoms with Gasteiger partial charge in [-0.3, -0.25) is 0 Å².